The van der Waals surface area contributed by atoms with Crippen LogP contribution in [0.15, 0.2) is 12.7 Å². The fraction of sp³-hybridized carbons (Fsp3) is 0.842. The lowest BCUT2D eigenvalue weighted by Gasteiger charge is -2.36. The Morgan fingerprint density at radius 3 is 2.41 bits per heavy atom. The molecule has 3 atom stereocenters. The van der Waals surface area contributed by atoms with E-state index >= 15 is 0 Å². The van der Waals surface area contributed by atoms with Crippen LogP contribution < -0.4 is 0 Å². The number of carbonyl (C=O) groups excluding carboxylic acids is 1. The first-order valence-electron chi connectivity index (χ1n) is 9.18. The highest BCUT2D eigenvalue weighted by Crippen LogP contribution is 2.31. The van der Waals surface area contributed by atoms with Gasteiger partial charge in [0.15, 0.2) is 0 Å². The molecular formula is C19H34O3. The molecule has 1 saturated heterocycles. The van der Waals surface area contributed by atoms with Crippen LogP contribution in [0.25, 0.3) is 0 Å². The molecule has 0 aliphatic carbocycles. The zero-order valence-corrected chi connectivity index (χ0v) is 14.3. The van der Waals surface area contributed by atoms with E-state index in [0.717, 1.165) is 19.3 Å². The number of cyclic esters (lactones) is 1. The van der Waals surface area contributed by atoms with E-state index in [9.17, 15) is 9.90 Å². The van der Waals surface area contributed by atoms with Gasteiger partial charge in [0.05, 0.1) is 12.0 Å². The second kappa shape index (κ2) is 11.7. The molecule has 0 radical (unpaired) electrons. The fourth-order valence-corrected chi connectivity index (χ4v) is 3.11. The van der Waals surface area contributed by atoms with Crippen molar-refractivity contribution in [2.24, 2.45) is 5.92 Å². The number of hydrogen-bond donors (Lipinski definition) is 1. The first-order valence-corrected chi connectivity index (χ1v) is 9.18. The van der Waals surface area contributed by atoms with Gasteiger partial charge in [-0.2, -0.15) is 0 Å². The van der Waals surface area contributed by atoms with Crippen LogP contribution in [0.3, 0.4) is 0 Å². The van der Waals surface area contributed by atoms with Crippen LogP contribution in [0.5, 0.6) is 0 Å². The van der Waals surface area contributed by atoms with E-state index in [2.05, 4.69) is 13.5 Å². The van der Waals surface area contributed by atoms with E-state index in [0.29, 0.717) is 12.8 Å². The van der Waals surface area contributed by atoms with Gasteiger partial charge in [-0.3, -0.25) is 4.79 Å². The smallest absolute Gasteiger partial charge is 0.313 e. The number of hydrogen-bond acceptors (Lipinski definition) is 3. The molecular weight excluding hydrogens is 276 g/mol. The lowest BCUT2D eigenvalue weighted by atomic mass is 9.86. The van der Waals surface area contributed by atoms with Gasteiger partial charge in [0.1, 0.15) is 6.10 Å². The van der Waals surface area contributed by atoms with Gasteiger partial charge in [-0.15, -0.1) is 6.58 Å². The summed E-state index contributed by atoms with van der Waals surface area (Å²) in [7, 11) is 0. The molecule has 1 rings (SSSR count). The summed E-state index contributed by atoms with van der Waals surface area (Å²) >= 11 is 0. The number of aliphatic hydroxyl groups is 1. The average Bonchev–Trinajstić information content (AvgIpc) is 2.50. The van der Waals surface area contributed by atoms with Gasteiger partial charge in [-0.1, -0.05) is 64.4 Å². The maximum absolute atomic E-state index is 11.6. The number of carbonyl (C=O) groups is 1. The van der Waals surface area contributed by atoms with Gasteiger partial charge >= 0.3 is 5.97 Å². The maximum atomic E-state index is 11.6. The third-order valence-electron chi connectivity index (χ3n) is 4.60. The topological polar surface area (TPSA) is 46.5 Å². The highest BCUT2D eigenvalue weighted by Gasteiger charge is 2.42. The largest absolute Gasteiger partial charge is 0.461 e. The third-order valence-corrected chi connectivity index (χ3v) is 4.60. The molecule has 0 aromatic heterocycles. The monoisotopic (exact) mass is 310 g/mol. The van der Waals surface area contributed by atoms with Crippen LogP contribution in [0.2, 0.25) is 0 Å². The molecule has 0 aromatic carbocycles. The second-order valence-corrected chi connectivity index (χ2v) is 6.60. The lowest BCUT2D eigenvalue weighted by Crippen LogP contribution is -2.46. The molecule has 0 amide bonds. The molecule has 22 heavy (non-hydrogen) atoms. The molecule has 1 fully saturated rings. The van der Waals surface area contributed by atoms with Gasteiger partial charge in [-0.05, 0) is 19.3 Å². The molecule has 0 bridgehead atoms. The number of esters is 1. The van der Waals surface area contributed by atoms with E-state index in [1.165, 1.54) is 44.9 Å². The highest BCUT2D eigenvalue weighted by atomic mass is 16.6. The molecule has 0 unspecified atom stereocenters. The molecule has 0 spiro atoms. The van der Waals surface area contributed by atoms with Crippen LogP contribution in [-0.2, 0) is 9.53 Å². The summed E-state index contributed by atoms with van der Waals surface area (Å²) in [6.45, 7) is 5.90. The van der Waals surface area contributed by atoms with Gasteiger partial charge < -0.3 is 9.84 Å². The summed E-state index contributed by atoms with van der Waals surface area (Å²) in [5.74, 6) is -0.0395. The number of ether oxygens (including phenoxy) is 1. The zero-order valence-electron chi connectivity index (χ0n) is 14.3. The predicted molar refractivity (Wildman–Crippen MR) is 90.7 cm³/mol. The fourth-order valence-electron chi connectivity index (χ4n) is 3.11. The predicted octanol–water partition coefficient (Wildman–Crippen LogP) is 4.78. The molecule has 1 N–H and O–H groups in total. The van der Waals surface area contributed by atoms with E-state index in [1.54, 1.807) is 0 Å². The quantitative estimate of drug-likeness (QED) is 0.285. The van der Waals surface area contributed by atoms with Crippen molar-refractivity contribution in [3.8, 4) is 0 Å². The van der Waals surface area contributed by atoms with Crippen LogP contribution in [-0.4, -0.2) is 23.3 Å². The van der Waals surface area contributed by atoms with Crippen molar-refractivity contribution < 1.29 is 14.6 Å². The Hall–Kier alpha value is -0.830. The van der Waals surface area contributed by atoms with Gasteiger partial charge in [-0.25, -0.2) is 0 Å². The van der Waals surface area contributed by atoms with Crippen molar-refractivity contribution in [1.29, 1.82) is 0 Å². The Bertz CT molecular complexity index is 314. The Labute approximate surface area is 136 Å². The normalized spacial score (nSPS) is 22.0. The van der Waals surface area contributed by atoms with Crippen molar-refractivity contribution >= 4 is 5.97 Å². The summed E-state index contributed by atoms with van der Waals surface area (Å²) in [6, 6.07) is 0. The summed E-state index contributed by atoms with van der Waals surface area (Å²) in [4.78, 5) is 11.6. The average molecular weight is 310 g/mol. The SMILES string of the molecule is C=CCC[C@@H](O)C[C@@H]1OC(=O)[C@H]1CCCCCCCCCC. The van der Waals surface area contributed by atoms with Crippen LogP contribution >= 0.6 is 0 Å². The van der Waals surface area contributed by atoms with Crippen molar-refractivity contribution in [2.75, 3.05) is 0 Å². The Morgan fingerprint density at radius 1 is 1.18 bits per heavy atom. The Morgan fingerprint density at radius 2 is 1.82 bits per heavy atom. The standard InChI is InChI=1S/C19H34O3/c1-3-5-7-8-9-10-11-12-14-17-18(22-19(17)21)15-16(20)13-6-4-2/h4,16-18,20H,2-3,5-15H2,1H3/t16-,17+,18+/m1/s1. The van der Waals surface area contributed by atoms with Gasteiger partial charge in [0, 0.05) is 6.42 Å². The van der Waals surface area contributed by atoms with Crippen molar-refractivity contribution in [2.45, 2.75) is 96.2 Å². The first-order chi connectivity index (χ1) is 10.7. The van der Waals surface area contributed by atoms with E-state index in [4.69, 9.17) is 4.74 Å². The molecule has 0 aromatic rings. The first kappa shape index (κ1) is 19.2. The molecule has 0 saturated carbocycles. The van der Waals surface area contributed by atoms with E-state index in [1.807, 2.05) is 6.08 Å². The van der Waals surface area contributed by atoms with Crippen molar-refractivity contribution in [1.82, 2.24) is 0 Å². The minimum atomic E-state index is -0.378. The second-order valence-electron chi connectivity index (χ2n) is 6.60. The van der Waals surface area contributed by atoms with Crippen LogP contribution in [0.1, 0.15) is 84.0 Å². The van der Waals surface area contributed by atoms with Crippen LogP contribution in [0, 0.1) is 5.92 Å². The van der Waals surface area contributed by atoms with Crippen molar-refractivity contribution in [3.05, 3.63) is 12.7 Å². The highest BCUT2D eigenvalue weighted by molar-refractivity contribution is 5.78. The van der Waals surface area contributed by atoms with E-state index in [-0.39, 0.29) is 24.1 Å². The minimum Gasteiger partial charge on any atom is -0.461 e. The summed E-state index contributed by atoms with van der Waals surface area (Å²) in [6.07, 6.45) is 14.7. The lowest BCUT2D eigenvalue weighted by molar-refractivity contribution is -0.188. The Balaban J connectivity index is 2.05. The third kappa shape index (κ3) is 7.44. The summed E-state index contributed by atoms with van der Waals surface area (Å²) in [5, 5.41) is 9.89. The number of rotatable bonds is 14. The Kier molecular flexibility index (Phi) is 10.2. The molecule has 3 heteroatoms. The molecule has 128 valence electrons. The number of allylic oxidation sites excluding steroid dienone is 1. The molecule has 3 nitrogen and oxygen atoms in total. The molecule has 1 aliphatic rings. The molecule has 1 heterocycles. The molecule has 1 aliphatic heterocycles. The number of unbranched alkanes of at least 4 members (excludes halogenated alkanes) is 7. The zero-order chi connectivity index (χ0) is 16.2. The summed E-state index contributed by atoms with van der Waals surface area (Å²) in [5.41, 5.74) is 0. The van der Waals surface area contributed by atoms with Gasteiger partial charge in [0.25, 0.3) is 0 Å². The summed E-state index contributed by atoms with van der Waals surface area (Å²) < 4.78 is 5.20. The number of aliphatic hydroxyl groups excluding tert-OH is 1. The van der Waals surface area contributed by atoms with Crippen molar-refractivity contribution in [3.63, 3.8) is 0 Å². The van der Waals surface area contributed by atoms with E-state index < -0.39 is 0 Å². The maximum Gasteiger partial charge on any atom is 0.313 e. The minimum absolute atomic E-state index is 0.0264. The van der Waals surface area contributed by atoms with Gasteiger partial charge in [0.2, 0.25) is 0 Å². The van der Waals surface area contributed by atoms with Crippen LogP contribution in [0.4, 0.5) is 0 Å².